The minimum Gasteiger partial charge on any atom is -0.489 e. The Balaban J connectivity index is 3.08. The zero-order valence-corrected chi connectivity index (χ0v) is 9.40. The van der Waals surface area contributed by atoms with Gasteiger partial charge in [-0.25, -0.2) is 0 Å². The molecule has 0 bridgehead atoms. The summed E-state index contributed by atoms with van der Waals surface area (Å²) in [6, 6.07) is 5.54. The van der Waals surface area contributed by atoms with Gasteiger partial charge in [0.2, 0.25) is 11.1 Å². The Morgan fingerprint density at radius 3 is 2.47 bits per heavy atom. The van der Waals surface area contributed by atoms with Crippen molar-refractivity contribution in [3.63, 3.8) is 0 Å². The normalized spacial score (nSPS) is 9.47. The molecule has 80 valence electrons. The number of methoxy groups -OCH3 is 1. The summed E-state index contributed by atoms with van der Waals surface area (Å²) in [6.07, 6.45) is 0. The molecular weight excluding hydrogens is 190 g/mol. The van der Waals surface area contributed by atoms with Crippen LogP contribution >= 0.6 is 0 Å². The Labute approximate surface area is 90.1 Å². The predicted molar refractivity (Wildman–Crippen MR) is 61.3 cm³/mol. The molecular formula is C11H16N3O+. The van der Waals surface area contributed by atoms with Gasteiger partial charge in [-0.2, -0.15) is 0 Å². The smallest absolute Gasteiger partial charge is 0.426 e. The molecule has 1 aromatic rings. The third-order valence-corrected chi connectivity index (χ3v) is 2.40. The van der Waals surface area contributed by atoms with Crippen LogP contribution in [-0.4, -0.2) is 20.2 Å². The molecule has 0 amide bonds. The van der Waals surface area contributed by atoms with Crippen molar-refractivity contribution in [1.82, 2.24) is 0 Å². The number of anilines is 1. The van der Waals surface area contributed by atoms with Gasteiger partial charge < -0.3 is 9.64 Å². The van der Waals surface area contributed by atoms with Crippen molar-refractivity contribution in [2.75, 3.05) is 25.1 Å². The maximum Gasteiger partial charge on any atom is 0.426 e. The highest BCUT2D eigenvalue weighted by molar-refractivity contribution is 5.64. The number of rotatable bonds is 4. The first kappa shape index (κ1) is 11.3. The molecule has 0 radical (unpaired) electrons. The van der Waals surface area contributed by atoms with Gasteiger partial charge in [0.25, 0.3) is 0 Å². The third kappa shape index (κ3) is 2.38. The van der Waals surface area contributed by atoms with Gasteiger partial charge >= 0.3 is 5.69 Å². The van der Waals surface area contributed by atoms with E-state index in [1.54, 1.807) is 13.2 Å². The van der Waals surface area contributed by atoms with Gasteiger partial charge in [-0.05, 0) is 19.9 Å². The molecule has 0 heterocycles. The second-order valence-electron chi connectivity index (χ2n) is 3.13. The van der Waals surface area contributed by atoms with E-state index in [9.17, 15) is 0 Å². The Bertz CT molecular complexity index is 367. The molecule has 0 saturated heterocycles. The number of nitrogens with zero attached hydrogens (tertiary/aromatic N) is 3. The zero-order valence-electron chi connectivity index (χ0n) is 9.40. The van der Waals surface area contributed by atoms with Gasteiger partial charge in [0.1, 0.15) is 0 Å². The standard InChI is InChI=1S/C11H16N3O/c1-4-14(5-2)9-6-7-10(13-12)11(8-9)15-3/h6-8H,4-5H2,1-3H3/q+1. The fraction of sp³-hybridized carbons (Fsp3) is 0.455. The fourth-order valence-electron chi connectivity index (χ4n) is 1.53. The molecule has 0 aliphatic rings. The van der Waals surface area contributed by atoms with E-state index in [1.165, 1.54) is 0 Å². The highest BCUT2D eigenvalue weighted by Gasteiger charge is 2.15. The van der Waals surface area contributed by atoms with E-state index >= 15 is 0 Å². The molecule has 15 heavy (non-hydrogen) atoms. The lowest BCUT2D eigenvalue weighted by atomic mass is 10.2. The van der Waals surface area contributed by atoms with Crippen LogP contribution in [0, 0.1) is 5.39 Å². The van der Waals surface area contributed by atoms with Crippen LogP contribution in [0.5, 0.6) is 5.75 Å². The van der Waals surface area contributed by atoms with Crippen molar-refractivity contribution < 1.29 is 4.74 Å². The van der Waals surface area contributed by atoms with Crippen molar-refractivity contribution in [3.05, 3.63) is 23.2 Å². The number of hydrogen-bond acceptors (Lipinski definition) is 3. The summed E-state index contributed by atoms with van der Waals surface area (Å²) in [5.41, 5.74) is 1.53. The molecule has 4 nitrogen and oxygen atoms in total. The Kier molecular flexibility index (Phi) is 3.92. The quantitative estimate of drug-likeness (QED) is 0.711. The average Bonchev–Trinajstić information content (AvgIpc) is 2.30. The Hall–Kier alpha value is -1.76. The SMILES string of the molecule is CCN(CC)c1ccc([N+]#N)c(OC)c1. The van der Waals surface area contributed by atoms with Crippen LogP contribution < -0.4 is 9.64 Å². The maximum absolute atomic E-state index is 8.72. The van der Waals surface area contributed by atoms with Gasteiger partial charge in [0, 0.05) is 30.9 Å². The van der Waals surface area contributed by atoms with E-state index in [2.05, 4.69) is 23.7 Å². The van der Waals surface area contributed by atoms with E-state index in [-0.39, 0.29) is 0 Å². The Morgan fingerprint density at radius 1 is 1.33 bits per heavy atom. The van der Waals surface area contributed by atoms with Crippen molar-refractivity contribution in [2.24, 2.45) is 0 Å². The molecule has 0 N–H and O–H groups in total. The highest BCUT2D eigenvalue weighted by atomic mass is 16.5. The summed E-state index contributed by atoms with van der Waals surface area (Å²) < 4.78 is 5.14. The predicted octanol–water partition coefficient (Wildman–Crippen LogP) is 3.03. The van der Waals surface area contributed by atoms with Crippen LogP contribution in [0.15, 0.2) is 18.2 Å². The van der Waals surface area contributed by atoms with E-state index in [1.807, 2.05) is 12.1 Å². The molecule has 0 aliphatic heterocycles. The first-order chi connectivity index (χ1) is 7.26. The molecule has 0 saturated carbocycles. The van der Waals surface area contributed by atoms with Crippen LogP contribution in [0.3, 0.4) is 0 Å². The molecule has 0 unspecified atom stereocenters. The average molecular weight is 206 g/mol. The van der Waals surface area contributed by atoms with Crippen molar-refractivity contribution in [3.8, 4) is 5.75 Å². The summed E-state index contributed by atoms with van der Waals surface area (Å²) in [6.45, 7) is 6.07. The molecule has 4 heteroatoms. The Morgan fingerprint density at radius 2 is 2.00 bits per heavy atom. The number of diazo groups is 1. The summed E-state index contributed by atoms with van der Waals surface area (Å²) in [5, 5.41) is 8.72. The van der Waals surface area contributed by atoms with Gasteiger partial charge in [-0.15, -0.1) is 0 Å². The molecule has 0 aromatic heterocycles. The highest BCUT2D eigenvalue weighted by Crippen LogP contribution is 2.31. The van der Waals surface area contributed by atoms with Crippen LogP contribution in [0.2, 0.25) is 0 Å². The summed E-state index contributed by atoms with van der Waals surface area (Å²) in [5.74, 6) is 0.585. The lowest BCUT2D eigenvalue weighted by molar-refractivity contribution is 0.417. The monoisotopic (exact) mass is 206 g/mol. The van der Waals surface area contributed by atoms with Crippen LogP contribution in [0.4, 0.5) is 11.4 Å². The van der Waals surface area contributed by atoms with Gasteiger partial charge in [-0.3, -0.25) is 0 Å². The molecule has 0 aliphatic carbocycles. The lowest BCUT2D eigenvalue weighted by Gasteiger charge is -2.20. The lowest BCUT2D eigenvalue weighted by Crippen LogP contribution is -2.21. The topological polar surface area (TPSA) is 40.6 Å². The fourth-order valence-corrected chi connectivity index (χ4v) is 1.53. The molecule has 0 atom stereocenters. The van der Waals surface area contributed by atoms with E-state index in [0.717, 1.165) is 18.8 Å². The summed E-state index contributed by atoms with van der Waals surface area (Å²) >= 11 is 0. The van der Waals surface area contributed by atoms with E-state index in [0.29, 0.717) is 11.4 Å². The number of benzene rings is 1. The summed E-state index contributed by atoms with van der Waals surface area (Å²) in [7, 11) is 1.57. The van der Waals surface area contributed by atoms with E-state index < -0.39 is 0 Å². The van der Waals surface area contributed by atoms with Gasteiger partial charge in [-0.1, -0.05) is 0 Å². The van der Waals surface area contributed by atoms with E-state index in [4.69, 9.17) is 10.1 Å². The molecule has 1 rings (SSSR count). The zero-order chi connectivity index (χ0) is 11.3. The van der Waals surface area contributed by atoms with Crippen LogP contribution in [0.1, 0.15) is 13.8 Å². The number of ether oxygens (including phenoxy) is 1. The van der Waals surface area contributed by atoms with Crippen molar-refractivity contribution in [2.45, 2.75) is 13.8 Å². The van der Waals surface area contributed by atoms with Crippen LogP contribution in [0.25, 0.3) is 4.98 Å². The van der Waals surface area contributed by atoms with Gasteiger partial charge in [0.05, 0.1) is 7.11 Å². The second kappa shape index (κ2) is 5.20. The first-order valence-corrected chi connectivity index (χ1v) is 5.04. The number of hydrogen-bond donors (Lipinski definition) is 0. The minimum atomic E-state index is 0.452. The third-order valence-electron chi connectivity index (χ3n) is 2.40. The summed E-state index contributed by atoms with van der Waals surface area (Å²) in [4.78, 5) is 5.35. The van der Waals surface area contributed by atoms with Crippen LogP contribution in [-0.2, 0) is 0 Å². The first-order valence-electron chi connectivity index (χ1n) is 5.04. The molecule has 1 aromatic carbocycles. The van der Waals surface area contributed by atoms with Crippen molar-refractivity contribution in [1.29, 1.82) is 5.39 Å². The maximum atomic E-state index is 8.72. The van der Waals surface area contributed by atoms with Gasteiger partial charge in [0.15, 0.2) is 4.98 Å². The van der Waals surface area contributed by atoms with Crippen molar-refractivity contribution >= 4 is 11.4 Å². The minimum absolute atomic E-state index is 0.452. The molecule has 0 fully saturated rings. The largest absolute Gasteiger partial charge is 0.489 e. The second-order valence-corrected chi connectivity index (χ2v) is 3.13. The molecule has 0 spiro atoms.